The monoisotopic (exact) mass is 573 g/mol. The Morgan fingerprint density at radius 2 is 1.90 bits per heavy atom. The highest BCUT2D eigenvalue weighted by molar-refractivity contribution is 5.98. The molecule has 4 heterocycles. The third kappa shape index (κ3) is 5.22. The Morgan fingerprint density at radius 1 is 1.15 bits per heavy atom. The molecule has 10 nitrogen and oxygen atoms in total. The van der Waals surface area contributed by atoms with E-state index in [1.807, 2.05) is 36.1 Å². The van der Waals surface area contributed by atoms with Gasteiger partial charge in [-0.25, -0.2) is 18.9 Å². The number of nitrogens with two attached hydrogens (primary N) is 1. The number of alkyl halides is 4. The molecule has 3 atom stereocenters. The molecule has 1 aliphatic rings. The topological polar surface area (TPSA) is 120 Å². The van der Waals surface area contributed by atoms with Crippen LogP contribution >= 0.6 is 0 Å². The number of ether oxygens (including phenoxy) is 2. The molecule has 1 aliphatic heterocycles. The van der Waals surface area contributed by atoms with Crippen molar-refractivity contribution in [2.45, 2.75) is 31.4 Å². The first kappa shape index (κ1) is 28.1. The first-order valence-corrected chi connectivity index (χ1v) is 12.6. The second kappa shape index (κ2) is 10.8. The maximum absolute atomic E-state index is 15.2. The van der Waals surface area contributed by atoms with E-state index in [1.165, 1.54) is 19.4 Å². The van der Waals surface area contributed by atoms with Crippen LogP contribution in [0.4, 0.5) is 23.4 Å². The Hall–Kier alpha value is -4.46. The van der Waals surface area contributed by atoms with Crippen LogP contribution in [0.3, 0.4) is 0 Å². The molecule has 1 saturated heterocycles. The first-order chi connectivity index (χ1) is 19.5. The minimum atomic E-state index is -4.74. The van der Waals surface area contributed by atoms with Gasteiger partial charge in [-0.15, -0.1) is 0 Å². The van der Waals surface area contributed by atoms with Crippen LogP contribution in [-0.4, -0.2) is 69.9 Å². The number of nitrogen functional groups attached to an aromatic ring is 1. The van der Waals surface area contributed by atoms with Crippen LogP contribution in [0, 0.1) is 0 Å². The Bertz CT molecular complexity index is 1590. The molecule has 0 saturated carbocycles. The summed E-state index contributed by atoms with van der Waals surface area (Å²) in [5, 5.41) is 6.63. The molecule has 1 aromatic carbocycles. The van der Waals surface area contributed by atoms with Gasteiger partial charge in [0.05, 0.1) is 31.5 Å². The van der Waals surface area contributed by atoms with Crippen molar-refractivity contribution >= 4 is 17.2 Å². The summed E-state index contributed by atoms with van der Waals surface area (Å²) in [6.07, 6.45) is -3.84. The van der Waals surface area contributed by atoms with E-state index in [2.05, 4.69) is 20.4 Å². The van der Waals surface area contributed by atoms with Crippen molar-refractivity contribution < 1.29 is 31.8 Å². The summed E-state index contributed by atoms with van der Waals surface area (Å²) in [6.45, 7) is 2.23. The van der Waals surface area contributed by atoms with E-state index in [0.29, 0.717) is 5.75 Å². The number of nitrogens with zero attached hydrogens (tertiary/aromatic N) is 5. The van der Waals surface area contributed by atoms with Crippen molar-refractivity contribution in [2.75, 3.05) is 33.0 Å². The average molecular weight is 574 g/mol. The number of hydrogen-bond donors (Lipinski definition) is 2. The smallest absolute Gasteiger partial charge is 0.418 e. The summed E-state index contributed by atoms with van der Waals surface area (Å²) in [4.78, 5) is 23.1. The van der Waals surface area contributed by atoms with Gasteiger partial charge in [0, 0.05) is 36.5 Å². The van der Waals surface area contributed by atoms with Crippen LogP contribution < -0.4 is 20.5 Å². The minimum Gasteiger partial charge on any atom is -0.496 e. The van der Waals surface area contributed by atoms with Crippen molar-refractivity contribution in [3.05, 3.63) is 65.6 Å². The van der Waals surface area contributed by atoms with Crippen LogP contribution in [0.5, 0.6) is 11.6 Å². The summed E-state index contributed by atoms with van der Waals surface area (Å²) < 4.78 is 68.2. The molecular weight excluding hydrogens is 546 g/mol. The van der Waals surface area contributed by atoms with Gasteiger partial charge < -0.3 is 20.5 Å². The molecule has 1 fully saturated rings. The molecule has 0 spiro atoms. The van der Waals surface area contributed by atoms with E-state index in [9.17, 15) is 18.0 Å². The zero-order valence-corrected chi connectivity index (χ0v) is 22.3. The highest BCUT2D eigenvalue weighted by Crippen LogP contribution is 2.39. The highest BCUT2D eigenvalue weighted by atomic mass is 19.4. The van der Waals surface area contributed by atoms with E-state index < -0.39 is 35.4 Å². The molecule has 0 radical (unpaired) electrons. The van der Waals surface area contributed by atoms with Gasteiger partial charge in [-0.1, -0.05) is 18.2 Å². The number of pyridine rings is 1. The lowest BCUT2D eigenvalue weighted by molar-refractivity contribution is -0.136. The Kier molecular flexibility index (Phi) is 7.43. The molecule has 14 heteroatoms. The van der Waals surface area contributed by atoms with Gasteiger partial charge in [0.25, 0.3) is 5.91 Å². The van der Waals surface area contributed by atoms with Crippen molar-refractivity contribution in [1.82, 2.24) is 29.8 Å². The summed E-state index contributed by atoms with van der Waals surface area (Å²) in [6, 6.07) is 8.58. The number of halogens is 4. The lowest BCUT2D eigenvalue weighted by Crippen LogP contribution is -2.41. The van der Waals surface area contributed by atoms with Crippen LogP contribution in [-0.2, 0) is 6.18 Å². The predicted molar refractivity (Wildman–Crippen MR) is 141 cm³/mol. The van der Waals surface area contributed by atoms with Crippen molar-refractivity contribution in [3.8, 4) is 22.9 Å². The summed E-state index contributed by atoms with van der Waals surface area (Å²) >= 11 is 0. The second-order valence-corrected chi connectivity index (χ2v) is 9.60. The molecule has 1 amide bonds. The zero-order valence-electron chi connectivity index (χ0n) is 22.3. The fourth-order valence-corrected chi connectivity index (χ4v) is 5.11. The number of anilines is 1. The van der Waals surface area contributed by atoms with Crippen molar-refractivity contribution in [3.63, 3.8) is 0 Å². The number of nitrogens with one attached hydrogen (secondary N) is 1. The summed E-state index contributed by atoms with van der Waals surface area (Å²) in [5.74, 6) is -0.457. The molecule has 3 aromatic heterocycles. The highest BCUT2D eigenvalue weighted by Gasteiger charge is 2.38. The molecule has 3 N–H and O–H groups in total. The lowest BCUT2D eigenvalue weighted by atomic mass is 10.1. The number of rotatable bonds is 7. The number of benzene rings is 1. The maximum Gasteiger partial charge on any atom is 0.418 e. The quantitative estimate of drug-likeness (QED) is 0.320. The molecule has 1 unspecified atom stereocenters. The van der Waals surface area contributed by atoms with E-state index in [1.54, 1.807) is 7.11 Å². The molecule has 216 valence electrons. The number of carbonyl (C=O) groups is 1. The number of amides is 1. The van der Waals surface area contributed by atoms with E-state index in [-0.39, 0.29) is 47.7 Å². The van der Waals surface area contributed by atoms with Crippen LogP contribution in [0.2, 0.25) is 0 Å². The number of hydrogen-bond acceptors (Lipinski definition) is 8. The normalized spacial score (nSPS) is 18.4. The maximum atomic E-state index is 15.2. The summed E-state index contributed by atoms with van der Waals surface area (Å²) in [5.41, 5.74) is 5.19. The molecule has 0 bridgehead atoms. The molecule has 0 aliphatic carbocycles. The summed E-state index contributed by atoms with van der Waals surface area (Å²) in [7, 11) is 2.86. The van der Waals surface area contributed by atoms with Gasteiger partial charge in [-0.2, -0.15) is 18.3 Å². The number of para-hydroxylation sites is 1. The molecule has 41 heavy (non-hydrogen) atoms. The Balaban J connectivity index is 1.43. The van der Waals surface area contributed by atoms with Gasteiger partial charge >= 0.3 is 6.18 Å². The minimum absolute atomic E-state index is 0.0216. The Morgan fingerprint density at radius 3 is 2.61 bits per heavy atom. The zero-order chi connectivity index (χ0) is 29.5. The average Bonchev–Trinajstić information content (AvgIpc) is 3.54. The Labute approximate surface area is 232 Å². The van der Waals surface area contributed by atoms with E-state index in [0.717, 1.165) is 22.5 Å². The first-order valence-electron chi connectivity index (χ1n) is 12.6. The molecule has 4 aromatic rings. The van der Waals surface area contributed by atoms with Gasteiger partial charge in [-0.3, -0.25) is 9.69 Å². The van der Waals surface area contributed by atoms with Crippen LogP contribution in [0.25, 0.3) is 16.8 Å². The second-order valence-electron chi connectivity index (χ2n) is 9.60. The number of fused-ring (bicyclic) bond motifs is 1. The SMILES string of the molecule is COc1ccccc1C(C)N1C[C@H](F)[C@H](NC(=O)c2cc(-c3cc(C(F)(F)F)c4c(N)ncnn34)cnc2OC)C1. The fourth-order valence-electron chi connectivity index (χ4n) is 5.11. The van der Waals surface area contributed by atoms with Crippen molar-refractivity contribution in [1.29, 1.82) is 0 Å². The van der Waals surface area contributed by atoms with Crippen molar-refractivity contribution in [2.24, 2.45) is 0 Å². The number of aromatic nitrogens is 4. The number of carbonyl (C=O) groups excluding carboxylic acids is 1. The van der Waals surface area contributed by atoms with E-state index in [4.69, 9.17) is 15.2 Å². The molecule has 5 rings (SSSR count). The van der Waals surface area contributed by atoms with Crippen LogP contribution in [0.15, 0.2) is 48.9 Å². The third-order valence-corrected chi connectivity index (χ3v) is 7.20. The largest absolute Gasteiger partial charge is 0.496 e. The fraction of sp³-hybridized carbons (Fsp3) is 0.333. The van der Waals surface area contributed by atoms with E-state index >= 15 is 4.39 Å². The third-order valence-electron chi connectivity index (χ3n) is 7.20. The van der Waals surface area contributed by atoms with Gasteiger partial charge in [0.1, 0.15) is 29.3 Å². The molecular formula is C27H27F4N7O3. The number of methoxy groups -OCH3 is 2. The predicted octanol–water partition coefficient (Wildman–Crippen LogP) is 3.92. The van der Waals surface area contributed by atoms with Gasteiger partial charge in [0.2, 0.25) is 5.88 Å². The van der Waals surface area contributed by atoms with Gasteiger partial charge in [-0.05, 0) is 25.1 Å². The standard InChI is InChI=1S/C27H27F4N7O3/c1-14(16-6-4-5-7-22(16)40-2)37-11-19(28)20(12-37)36-25(39)17-8-15(10-33-26(17)41-3)21-9-18(27(29,30)31)23-24(32)34-13-35-38(21)23/h4-10,13-14,19-20H,11-12H2,1-3H3,(H,36,39)(H2,32,34,35)/t14?,19-,20+/m0/s1. The number of likely N-dealkylation sites (tertiary alicyclic amines) is 1. The van der Waals surface area contributed by atoms with Crippen LogP contribution in [0.1, 0.15) is 34.5 Å². The lowest BCUT2D eigenvalue weighted by Gasteiger charge is -2.25. The van der Waals surface area contributed by atoms with Gasteiger partial charge in [0.15, 0.2) is 5.82 Å².